The van der Waals surface area contributed by atoms with Gasteiger partial charge >= 0.3 is 0 Å². The third kappa shape index (κ3) is 13.4. The van der Waals surface area contributed by atoms with Crippen molar-refractivity contribution in [2.45, 2.75) is 129 Å². The molecule has 2 saturated heterocycles. The van der Waals surface area contributed by atoms with Crippen molar-refractivity contribution in [3.8, 4) is 56.8 Å². The predicted octanol–water partition coefficient (Wildman–Crippen LogP) is 4.40. The fourth-order valence-electron chi connectivity index (χ4n) is 10.9. The summed E-state index contributed by atoms with van der Waals surface area (Å²) in [6, 6.07) is 13.9. The molecule has 4 aromatic rings. The normalized spacial score (nSPS) is 25.8. The molecule has 440 valence electrons. The molecule has 4 aromatic carbocycles. The van der Waals surface area contributed by atoms with Gasteiger partial charge in [0.05, 0.1) is 44.3 Å². The highest BCUT2D eigenvalue weighted by atomic mass is 33.1. The minimum atomic E-state index is -1.70. The van der Waals surface area contributed by atoms with Gasteiger partial charge in [0.1, 0.15) is 42.7 Å². The maximum Gasteiger partial charge on any atom is 0.229 e. The molecule has 0 bridgehead atoms. The average Bonchev–Trinajstić information content (AvgIpc) is 4.07. The SMILES string of the molecule is COc1c(O[C@H]2O[C@@H](CCSSC[C@H]3O[C@@H](Oc4cc5c(c(OC)c4OC)-c4ccc(SC)c(=O)cc4[C@@H](CNC(C)=O)CC5)[C@H](O)[C@@H](O)[C@@H]3O)[C@H](O)[C@@H](O)[C@@H]2O)cc2c(c1OC)-c1ccc(SC)c(=O)cc1[C@@H](CNC(C)=O)CC2. The van der Waals surface area contributed by atoms with Gasteiger partial charge in [0.15, 0.2) is 33.9 Å². The topological polar surface area (TPSA) is 288 Å². The highest BCUT2D eigenvalue weighted by Gasteiger charge is 2.47. The lowest BCUT2D eigenvalue weighted by Crippen LogP contribution is -2.59. The number of amides is 2. The maximum atomic E-state index is 13.4. The molecule has 2 aliphatic heterocycles. The standard InChI is InChI=1S/C57H70N2O18S4/c1-26(60)58-23-30-11-9-28-19-39(52(70-3)54(72-5)44(28)32-13-15-42(78-7)36(62)21-34(30)32)75-56-50(68)48(66)46(64)38(74-56)17-18-80-81-25-41-47(65)49(67)51(69)57(77-41)76-40-20-29-10-12-31(24-59-27(2)61)35-22-37(63)43(79-8)16-14-33(35)45(29)55(73-6)53(40)71-4/h13-16,19-22,30-31,38,41,46-51,56-57,64-69H,9-12,17-18,23-25H2,1-8H3,(H,58,60)(H,59,61)/t30-,31-,38+,41-,46+,47-,48-,49+,50+,51-,56-,57-/m1/s1. The van der Waals surface area contributed by atoms with Crippen LogP contribution in [-0.4, -0.2) is 169 Å². The Balaban J connectivity index is 0.956. The molecule has 81 heavy (non-hydrogen) atoms. The van der Waals surface area contributed by atoms with E-state index in [2.05, 4.69) is 10.6 Å². The second kappa shape index (κ2) is 27.6. The van der Waals surface area contributed by atoms with E-state index in [9.17, 15) is 49.8 Å². The second-order valence-electron chi connectivity index (χ2n) is 20.0. The molecule has 0 unspecified atom stereocenters. The molecule has 0 radical (unpaired) electrons. The van der Waals surface area contributed by atoms with Crippen LogP contribution in [-0.2, 0) is 31.9 Å². The molecular weight excluding hydrogens is 1130 g/mol. The molecule has 0 saturated carbocycles. The Morgan fingerprint density at radius 2 is 0.988 bits per heavy atom. The summed E-state index contributed by atoms with van der Waals surface area (Å²) >= 11 is 2.65. The van der Waals surface area contributed by atoms with Crippen LogP contribution in [0.1, 0.15) is 67.2 Å². The summed E-state index contributed by atoms with van der Waals surface area (Å²) in [5.74, 6) is 0.628. The molecule has 2 fully saturated rings. The van der Waals surface area contributed by atoms with Crippen molar-refractivity contribution < 1.29 is 78.1 Å². The summed E-state index contributed by atoms with van der Waals surface area (Å²) < 4.78 is 48.9. The molecule has 0 spiro atoms. The Hall–Kier alpha value is -4.96. The highest BCUT2D eigenvalue weighted by molar-refractivity contribution is 8.76. The fraction of sp³-hybridized carbons (Fsp3) is 0.509. The van der Waals surface area contributed by atoms with E-state index in [0.29, 0.717) is 63.5 Å². The van der Waals surface area contributed by atoms with Crippen LogP contribution in [0.5, 0.6) is 34.5 Å². The lowest BCUT2D eigenvalue weighted by Gasteiger charge is -2.40. The summed E-state index contributed by atoms with van der Waals surface area (Å²) in [5, 5.41) is 72.9. The number of ether oxygens (including phenoxy) is 8. The van der Waals surface area contributed by atoms with Gasteiger partial charge in [-0.25, -0.2) is 0 Å². The predicted molar refractivity (Wildman–Crippen MR) is 310 cm³/mol. The van der Waals surface area contributed by atoms with Crippen molar-refractivity contribution in [2.24, 2.45) is 0 Å². The Kier molecular flexibility index (Phi) is 21.2. The fourth-order valence-corrected chi connectivity index (χ4v) is 14.1. The summed E-state index contributed by atoms with van der Waals surface area (Å²) in [6.45, 7) is 3.44. The number of aliphatic hydroxyl groups excluding tert-OH is 6. The molecule has 4 aliphatic rings. The summed E-state index contributed by atoms with van der Waals surface area (Å²) in [4.78, 5) is 52.0. The zero-order valence-corrected chi connectivity index (χ0v) is 49.4. The van der Waals surface area contributed by atoms with Crippen molar-refractivity contribution in [1.29, 1.82) is 0 Å². The molecule has 0 aromatic heterocycles. The molecule has 20 nitrogen and oxygen atoms in total. The highest BCUT2D eigenvalue weighted by Crippen LogP contribution is 2.53. The molecular formula is C57H70N2O18S4. The monoisotopic (exact) mass is 1200 g/mol. The van der Waals surface area contributed by atoms with Crippen LogP contribution >= 0.6 is 45.1 Å². The zero-order chi connectivity index (χ0) is 58.4. The molecule has 12 atom stereocenters. The Morgan fingerprint density at radius 3 is 1.40 bits per heavy atom. The number of methoxy groups -OCH3 is 4. The lowest BCUT2D eigenvalue weighted by molar-refractivity contribution is -0.272. The first-order valence-electron chi connectivity index (χ1n) is 26.3. The molecule has 24 heteroatoms. The van der Waals surface area contributed by atoms with Crippen LogP contribution in [0.3, 0.4) is 0 Å². The number of nitrogens with one attached hydrogen (secondary N) is 2. The molecule has 2 aliphatic carbocycles. The van der Waals surface area contributed by atoms with Gasteiger partial charge < -0.3 is 79.2 Å². The number of thioether (sulfide) groups is 2. The maximum absolute atomic E-state index is 13.4. The number of aryl methyl sites for hydroxylation is 2. The van der Waals surface area contributed by atoms with Gasteiger partial charge in [-0.1, -0.05) is 33.7 Å². The Bertz CT molecular complexity index is 2870. The van der Waals surface area contributed by atoms with E-state index < -0.39 is 61.4 Å². The van der Waals surface area contributed by atoms with Crippen LogP contribution in [0.4, 0.5) is 0 Å². The Morgan fingerprint density at radius 1 is 0.568 bits per heavy atom. The Labute approximate surface area is 485 Å². The van der Waals surface area contributed by atoms with E-state index >= 15 is 0 Å². The van der Waals surface area contributed by atoms with E-state index in [0.717, 1.165) is 22.3 Å². The number of carbonyl (C=O) groups is 2. The number of benzene rings is 2. The van der Waals surface area contributed by atoms with E-state index in [1.807, 2.05) is 24.6 Å². The molecule has 8 rings (SSSR count). The quantitative estimate of drug-likeness (QED) is 0.0346. The summed E-state index contributed by atoms with van der Waals surface area (Å²) in [6.07, 6.45) is -9.04. The minimum Gasteiger partial charge on any atom is -0.492 e. The van der Waals surface area contributed by atoms with Crippen LogP contribution in [0.15, 0.2) is 67.9 Å². The van der Waals surface area contributed by atoms with Gasteiger partial charge in [0, 0.05) is 61.4 Å². The van der Waals surface area contributed by atoms with Crippen molar-refractivity contribution in [2.75, 3.05) is 65.5 Å². The van der Waals surface area contributed by atoms with Gasteiger partial charge in [0.2, 0.25) is 35.9 Å². The van der Waals surface area contributed by atoms with Crippen LogP contribution in [0.2, 0.25) is 0 Å². The van der Waals surface area contributed by atoms with Crippen molar-refractivity contribution in [3.63, 3.8) is 0 Å². The van der Waals surface area contributed by atoms with Crippen molar-refractivity contribution in [1.82, 2.24) is 10.6 Å². The number of hydrogen-bond acceptors (Lipinski definition) is 22. The largest absolute Gasteiger partial charge is 0.492 e. The number of hydrogen-bond donors (Lipinski definition) is 8. The minimum absolute atomic E-state index is 0.0952. The van der Waals surface area contributed by atoms with E-state index in [1.165, 1.54) is 87.4 Å². The van der Waals surface area contributed by atoms with Crippen LogP contribution < -0.4 is 49.9 Å². The number of aliphatic hydroxyl groups is 6. The number of fused-ring (bicyclic) bond motifs is 6. The van der Waals surface area contributed by atoms with Crippen molar-refractivity contribution in [3.05, 3.63) is 91.2 Å². The van der Waals surface area contributed by atoms with Gasteiger partial charge in [-0.05, 0) is 114 Å². The zero-order valence-electron chi connectivity index (χ0n) is 46.1. The summed E-state index contributed by atoms with van der Waals surface area (Å²) in [5.41, 5.74) is 5.39. The lowest BCUT2D eigenvalue weighted by atomic mass is 9.92. The molecule has 8 N–H and O–H groups in total. The summed E-state index contributed by atoms with van der Waals surface area (Å²) in [7, 11) is 8.39. The third-order valence-electron chi connectivity index (χ3n) is 15.1. The second-order valence-corrected chi connectivity index (χ2v) is 24.3. The first-order chi connectivity index (χ1) is 38.9. The van der Waals surface area contributed by atoms with Crippen LogP contribution in [0.25, 0.3) is 22.3 Å². The van der Waals surface area contributed by atoms with Crippen molar-refractivity contribution >= 4 is 56.9 Å². The molecule has 2 heterocycles. The first kappa shape index (κ1) is 62.1. The smallest absolute Gasteiger partial charge is 0.229 e. The van der Waals surface area contributed by atoms with Gasteiger partial charge in [-0.15, -0.1) is 23.5 Å². The van der Waals surface area contributed by atoms with E-state index in [4.69, 9.17) is 37.9 Å². The van der Waals surface area contributed by atoms with Gasteiger partial charge in [-0.2, -0.15) is 0 Å². The van der Waals surface area contributed by atoms with Gasteiger partial charge in [0.25, 0.3) is 0 Å². The van der Waals surface area contributed by atoms with E-state index in [1.54, 1.807) is 36.4 Å². The number of rotatable bonds is 20. The third-order valence-corrected chi connectivity index (χ3v) is 19.1. The van der Waals surface area contributed by atoms with E-state index in [-0.39, 0.29) is 94.3 Å². The van der Waals surface area contributed by atoms with Gasteiger partial charge in [-0.3, -0.25) is 19.2 Å². The number of carbonyl (C=O) groups excluding carboxylic acids is 2. The average molecular weight is 1200 g/mol. The molecule has 2 amide bonds. The first-order valence-corrected chi connectivity index (χ1v) is 31.3. The van der Waals surface area contributed by atoms with Crippen LogP contribution in [0, 0.1) is 0 Å².